The molecule has 0 aromatic heterocycles. The van der Waals surface area contributed by atoms with Crippen molar-refractivity contribution in [1.82, 2.24) is 0 Å². The fourth-order valence-electron chi connectivity index (χ4n) is 2.34. The van der Waals surface area contributed by atoms with Crippen molar-refractivity contribution in [2.75, 3.05) is 0 Å². The molecule has 2 atom stereocenters. The van der Waals surface area contributed by atoms with Crippen LogP contribution in [0.15, 0.2) is 0 Å². The first-order chi connectivity index (χ1) is 8.07. The fourth-order valence-corrected chi connectivity index (χ4v) is 2.34. The molecule has 0 aromatic rings. The van der Waals surface area contributed by atoms with E-state index in [1.165, 1.54) is 57.8 Å². The summed E-state index contributed by atoms with van der Waals surface area (Å²) in [6.45, 7) is 11.8. The maximum Gasteiger partial charge on any atom is -0.0420 e. The van der Waals surface area contributed by atoms with Crippen molar-refractivity contribution >= 4 is 0 Å². The minimum absolute atomic E-state index is 0.865. The standard InChI is InChI=1S/C17H36/c1-6-7-12-16(4)13-10-8-9-11-14-17(5)15(2)3/h15-17H,6-14H2,1-5H3. The van der Waals surface area contributed by atoms with Gasteiger partial charge in [-0.3, -0.25) is 0 Å². The predicted octanol–water partition coefficient (Wildman–Crippen LogP) is 6.45. The van der Waals surface area contributed by atoms with Gasteiger partial charge in [0.1, 0.15) is 0 Å². The first kappa shape index (κ1) is 17.0. The zero-order chi connectivity index (χ0) is 13.1. The zero-order valence-electron chi connectivity index (χ0n) is 13.1. The molecule has 0 spiro atoms. The molecule has 0 N–H and O–H groups in total. The van der Waals surface area contributed by atoms with Gasteiger partial charge >= 0.3 is 0 Å². The highest BCUT2D eigenvalue weighted by atomic mass is 14.1. The highest BCUT2D eigenvalue weighted by Crippen LogP contribution is 2.20. The summed E-state index contributed by atoms with van der Waals surface area (Å²) in [6.07, 6.45) is 12.9. The third-order valence-corrected chi connectivity index (χ3v) is 4.29. The highest BCUT2D eigenvalue weighted by molar-refractivity contribution is 4.58. The summed E-state index contributed by atoms with van der Waals surface area (Å²) < 4.78 is 0. The molecule has 0 saturated heterocycles. The van der Waals surface area contributed by atoms with E-state index in [1.807, 2.05) is 0 Å². The monoisotopic (exact) mass is 240 g/mol. The number of hydrogen-bond donors (Lipinski definition) is 0. The lowest BCUT2D eigenvalue weighted by Crippen LogP contribution is -2.03. The van der Waals surface area contributed by atoms with E-state index >= 15 is 0 Å². The van der Waals surface area contributed by atoms with Crippen LogP contribution in [0, 0.1) is 17.8 Å². The van der Waals surface area contributed by atoms with Crippen LogP contribution in [0.2, 0.25) is 0 Å². The van der Waals surface area contributed by atoms with Crippen molar-refractivity contribution in [2.45, 2.75) is 92.4 Å². The van der Waals surface area contributed by atoms with Gasteiger partial charge in [-0.1, -0.05) is 92.4 Å². The van der Waals surface area contributed by atoms with Gasteiger partial charge in [-0.2, -0.15) is 0 Å². The van der Waals surface area contributed by atoms with Gasteiger partial charge in [0, 0.05) is 0 Å². The number of rotatable bonds is 11. The molecule has 2 unspecified atom stereocenters. The maximum absolute atomic E-state index is 2.43. The lowest BCUT2D eigenvalue weighted by molar-refractivity contribution is 0.371. The van der Waals surface area contributed by atoms with Crippen molar-refractivity contribution in [3.8, 4) is 0 Å². The van der Waals surface area contributed by atoms with Crippen molar-refractivity contribution in [3.63, 3.8) is 0 Å². The third kappa shape index (κ3) is 10.9. The molecule has 0 aliphatic heterocycles. The summed E-state index contributed by atoms with van der Waals surface area (Å²) in [5.41, 5.74) is 0. The molecule has 0 aliphatic rings. The van der Waals surface area contributed by atoms with Gasteiger partial charge in [0.05, 0.1) is 0 Å². The van der Waals surface area contributed by atoms with E-state index in [0.29, 0.717) is 0 Å². The average molecular weight is 240 g/mol. The molecule has 0 rings (SSSR count). The molecule has 0 heteroatoms. The second-order valence-corrected chi connectivity index (χ2v) is 6.46. The van der Waals surface area contributed by atoms with Gasteiger partial charge in [0.15, 0.2) is 0 Å². The molecule has 0 fully saturated rings. The molecule has 0 amide bonds. The Balaban J connectivity index is 3.23. The Labute approximate surface area is 111 Å². The summed E-state index contributed by atoms with van der Waals surface area (Å²) in [6, 6.07) is 0. The minimum Gasteiger partial charge on any atom is -0.0654 e. The first-order valence-electron chi connectivity index (χ1n) is 8.07. The van der Waals surface area contributed by atoms with Gasteiger partial charge in [0.25, 0.3) is 0 Å². The minimum atomic E-state index is 0.865. The summed E-state index contributed by atoms with van der Waals surface area (Å²) in [5.74, 6) is 2.74. The second-order valence-electron chi connectivity index (χ2n) is 6.46. The van der Waals surface area contributed by atoms with Crippen LogP contribution in [0.5, 0.6) is 0 Å². The summed E-state index contributed by atoms with van der Waals surface area (Å²) in [5, 5.41) is 0. The Bertz CT molecular complexity index is 148. The van der Waals surface area contributed by atoms with E-state index in [9.17, 15) is 0 Å². The molecular formula is C17H36. The molecule has 0 saturated carbocycles. The van der Waals surface area contributed by atoms with Crippen molar-refractivity contribution in [3.05, 3.63) is 0 Å². The highest BCUT2D eigenvalue weighted by Gasteiger charge is 2.06. The van der Waals surface area contributed by atoms with Crippen LogP contribution in [-0.4, -0.2) is 0 Å². The second kappa shape index (κ2) is 11.1. The SMILES string of the molecule is CCCCC(C)CCCCCCC(C)C(C)C. The van der Waals surface area contributed by atoms with Crippen molar-refractivity contribution in [2.24, 2.45) is 17.8 Å². The largest absolute Gasteiger partial charge is 0.0654 e. The quantitative estimate of drug-likeness (QED) is 0.364. The predicted molar refractivity (Wildman–Crippen MR) is 80.4 cm³/mol. The Morgan fingerprint density at radius 2 is 1.18 bits per heavy atom. The molecular weight excluding hydrogens is 204 g/mol. The Kier molecular flexibility index (Phi) is 11.1. The van der Waals surface area contributed by atoms with Gasteiger partial charge in [-0.25, -0.2) is 0 Å². The molecule has 0 bridgehead atoms. The van der Waals surface area contributed by atoms with Gasteiger partial charge in [-0.15, -0.1) is 0 Å². The molecule has 104 valence electrons. The average Bonchev–Trinajstić information content (AvgIpc) is 2.30. The van der Waals surface area contributed by atoms with E-state index in [-0.39, 0.29) is 0 Å². The maximum atomic E-state index is 2.43. The van der Waals surface area contributed by atoms with Crippen LogP contribution in [0.25, 0.3) is 0 Å². The van der Waals surface area contributed by atoms with Crippen molar-refractivity contribution < 1.29 is 0 Å². The molecule has 0 nitrogen and oxygen atoms in total. The fraction of sp³-hybridized carbons (Fsp3) is 1.00. The Morgan fingerprint density at radius 1 is 0.647 bits per heavy atom. The normalized spacial score (nSPS) is 15.2. The molecule has 0 radical (unpaired) electrons. The summed E-state index contributed by atoms with van der Waals surface area (Å²) in [7, 11) is 0. The lowest BCUT2D eigenvalue weighted by Gasteiger charge is -2.15. The number of unbranched alkanes of at least 4 members (excludes halogenated alkanes) is 4. The van der Waals surface area contributed by atoms with Crippen molar-refractivity contribution in [1.29, 1.82) is 0 Å². The summed E-state index contributed by atoms with van der Waals surface area (Å²) >= 11 is 0. The van der Waals surface area contributed by atoms with E-state index < -0.39 is 0 Å². The van der Waals surface area contributed by atoms with Crippen LogP contribution in [-0.2, 0) is 0 Å². The first-order valence-corrected chi connectivity index (χ1v) is 8.07. The molecule has 0 aliphatic carbocycles. The smallest absolute Gasteiger partial charge is 0.0420 e. The number of hydrogen-bond acceptors (Lipinski definition) is 0. The van der Waals surface area contributed by atoms with E-state index in [2.05, 4.69) is 34.6 Å². The van der Waals surface area contributed by atoms with Gasteiger partial charge < -0.3 is 0 Å². The van der Waals surface area contributed by atoms with E-state index in [0.717, 1.165) is 17.8 Å². The topological polar surface area (TPSA) is 0 Å². The summed E-state index contributed by atoms with van der Waals surface area (Å²) in [4.78, 5) is 0. The molecule has 0 heterocycles. The van der Waals surface area contributed by atoms with Crippen LogP contribution in [0.3, 0.4) is 0 Å². The van der Waals surface area contributed by atoms with Crippen LogP contribution >= 0.6 is 0 Å². The molecule has 17 heavy (non-hydrogen) atoms. The molecule has 0 aromatic carbocycles. The van der Waals surface area contributed by atoms with Crippen LogP contribution in [0.4, 0.5) is 0 Å². The zero-order valence-corrected chi connectivity index (χ0v) is 13.1. The van der Waals surface area contributed by atoms with Gasteiger partial charge in [0.2, 0.25) is 0 Å². The Hall–Kier alpha value is 0. The van der Waals surface area contributed by atoms with Crippen LogP contribution in [0.1, 0.15) is 92.4 Å². The Morgan fingerprint density at radius 3 is 1.71 bits per heavy atom. The lowest BCUT2D eigenvalue weighted by atomic mass is 9.91. The van der Waals surface area contributed by atoms with Gasteiger partial charge in [-0.05, 0) is 17.8 Å². The van der Waals surface area contributed by atoms with E-state index in [1.54, 1.807) is 0 Å². The van der Waals surface area contributed by atoms with E-state index in [4.69, 9.17) is 0 Å². The third-order valence-electron chi connectivity index (χ3n) is 4.29. The van der Waals surface area contributed by atoms with Crippen LogP contribution < -0.4 is 0 Å².